The minimum Gasteiger partial charge on any atom is -0.391 e. The molecule has 0 aliphatic heterocycles. The summed E-state index contributed by atoms with van der Waals surface area (Å²) in [5.41, 5.74) is 6.88. The monoisotopic (exact) mass is 258 g/mol. The van der Waals surface area contributed by atoms with E-state index in [0.717, 1.165) is 5.56 Å². The van der Waals surface area contributed by atoms with Crippen LogP contribution in [-0.4, -0.2) is 30.2 Å². The van der Waals surface area contributed by atoms with E-state index in [2.05, 4.69) is 5.32 Å². The van der Waals surface area contributed by atoms with Crippen molar-refractivity contribution >= 4 is 18.3 Å². The first kappa shape index (κ1) is 15.9. The number of halogens is 1. The van der Waals surface area contributed by atoms with Crippen LogP contribution in [0, 0.1) is 0 Å². The maximum Gasteiger partial charge on any atom is 0.222 e. The number of nitrogens with one attached hydrogen (secondary N) is 1. The molecule has 2 atom stereocenters. The molecule has 5 heteroatoms. The molecular weight excluding hydrogens is 240 g/mol. The summed E-state index contributed by atoms with van der Waals surface area (Å²) < 4.78 is 0. The van der Waals surface area contributed by atoms with Crippen LogP contribution >= 0.6 is 12.4 Å². The summed E-state index contributed by atoms with van der Waals surface area (Å²) in [6.07, 6.45) is -0.191. The van der Waals surface area contributed by atoms with Crippen LogP contribution in [0.4, 0.5) is 0 Å². The number of nitrogens with two attached hydrogens (primary N) is 1. The van der Waals surface area contributed by atoms with Gasteiger partial charge in [0.15, 0.2) is 0 Å². The van der Waals surface area contributed by atoms with Crippen molar-refractivity contribution in [2.75, 3.05) is 7.05 Å². The Hall–Kier alpha value is -1.10. The maximum absolute atomic E-state index is 11.1. The number of aliphatic hydroxyl groups is 1. The predicted molar refractivity (Wildman–Crippen MR) is 70.1 cm³/mol. The predicted octanol–water partition coefficient (Wildman–Crippen LogP) is 0.475. The van der Waals surface area contributed by atoms with Crippen molar-refractivity contribution in [1.82, 2.24) is 5.32 Å². The second-order valence-corrected chi connectivity index (χ2v) is 3.80. The minimum atomic E-state index is -0.805. The average molecular weight is 259 g/mol. The number of amides is 1. The highest BCUT2D eigenvalue weighted by Gasteiger charge is 2.17. The lowest BCUT2D eigenvalue weighted by Gasteiger charge is -2.18. The molecule has 0 saturated carbocycles. The molecule has 0 saturated heterocycles. The topological polar surface area (TPSA) is 75.3 Å². The first-order chi connectivity index (χ1) is 7.63. The summed E-state index contributed by atoms with van der Waals surface area (Å²) in [5, 5.41) is 12.2. The van der Waals surface area contributed by atoms with Crippen LogP contribution in [0.2, 0.25) is 0 Å². The zero-order valence-corrected chi connectivity index (χ0v) is 10.6. The fourth-order valence-electron chi connectivity index (χ4n) is 1.47. The Morgan fingerprint density at radius 1 is 1.41 bits per heavy atom. The van der Waals surface area contributed by atoms with Gasteiger partial charge in [0.05, 0.1) is 12.5 Å². The molecule has 4 N–H and O–H groups in total. The van der Waals surface area contributed by atoms with Gasteiger partial charge < -0.3 is 16.2 Å². The molecule has 0 aliphatic carbocycles. The van der Waals surface area contributed by atoms with E-state index in [1.807, 2.05) is 30.3 Å². The Morgan fingerprint density at radius 3 is 2.53 bits per heavy atom. The van der Waals surface area contributed by atoms with Crippen molar-refractivity contribution < 1.29 is 9.90 Å². The summed E-state index contributed by atoms with van der Waals surface area (Å²) in [4.78, 5) is 11.1. The molecule has 0 radical (unpaired) electrons. The quantitative estimate of drug-likeness (QED) is 0.719. The average Bonchev–Trinajstić information content (AvgIpc) is 2.30. The van der Waals surface area contributed by atoms with Crippen LogP contribution in [0.5, 0.6) is 0 Å². The Bertz CT molecular complexity index is 333. The third-order valence-corrected chi connectivity index (χ3v) is 2.48. The van der Waals surface area contributed by atoms with Crippen LogP contribution in [0.3, 0.4) is 0 Å². The summed E-state index contributed by atoms with van der Waals surface area (Å²) in [5.74, 6) is -0.198. The number of hydrogen-bond donors (Lipinski definition) is 3. The molecule has 0 unspecified atom stereocenters. The van der Waals surface area contributed by atoms with E-state index in [1.165, 1.54) is 7.05 Å². The molecule has 1 rings (SSSR count). The fraction of sp³-hybridized carbons (Fsp3) is 0.417. The lowest BCUT2D eigenvalue weighted by Crippen LogP contribution is -2.39. The van der Waals surface area contributed by atoms with Crippen LogP contribution in [0.1, 0.15) is 12.0 Å². The fourth-order valence-corrected chi connectivity index (χ4v) is 1.47. The first-order valence-corrected chi connectivity index (χ1v) is 5.31. The Kier molecular flexibility index (Phi) is 7.54. The number of rotatable bonds is 5. The van der Waals surface area contributed by atoms with Crippen LogP contribution < -0.4 is 11.1 Å². The smallest absolute Gasteiger partial charge is 0.222 e. The Balaban J connectivity index is 0.00000256. The van der Waals surface area contributed by atoms with Gasteiger partial charge in [-0.25, -0.2) is 0 Å². The van der Waals surface area contributed by atoms with Crippen molar-refractivity contribution in [3.8, 4) is 0 Å². The van der Waals surface area contributed by atoms with E-state index >= 15 is 0 Å². The molecule has 17 heavy (non-hydrogen) atoms. The van der Waals surface area contributed by atoms with Gasteiger partial charge in [-0.05, 0) is 12.0 Å². The van der Waals surface area contributed by atoms with Gasteiger partial charge in [-0.1, -0.05) is 30.3 Å². The molecule has 1 amide bonds. The molecule has 4 nitrogen and oxygen atoms in total. The number of aliphatic hydroxyl groups excluding tert-OH is 1. The van der Waals surface area contributed by atoms with Crippen LogP contribution in [0.15, 0.2) is 30.3 Å². The zero-order valence-electron chi connectivity index (χ0n) is 9.80. The van der Waals surface area contributed by atoms with E-state index in [9.17, 15) is 9.90 Å². The summed E-state index contributed by atoms with van der Waals surface area (Å²) in [6.45, 7) is 0. The van der Waals surface area contributed by atoms with Crippen molar-refractivity contribution in [3.05, 3.63) is 35.9 Å². The lowest BCUT2D eigenvalue weighted by atomic mass is 10.00. The number of carbonyl (C=O) groups is 1. The minimum absolute atomic E-state index is 0. The molecule has 0 spiro atoms. The van der Waals surface area contributed by atoms with E-state index < -0.39 is 12.1 Å². The van der Waals surface area contributed by atoms with Crippen molar-refractivity contribution in [2.24, 2.45) is 5.73 Å². The van der Waals surface area contributed by atoms with Gasteiger partial charge in [-0.2, -0.15) is 0 Å². The van der Waals surface area contributed by atoms with Gasteiger partial charge in [0, 0.05) is 13.1 Å². The second kappa shape index (κ2) is 8.06. The number of benzene rings is 1. The summed E-state index contributed by atoms with van der Waals surface area (Å²) >= 11 is 0. The third kappa shape index (κ3) is 5.68. The van der Waals surface area contributed by atoms with Crippen molar-refractivity contribution in [1.29, 1.82) is 0 Å². The molecule has 0 aromatic heterocycles. The molecule has 1 aromatic carbocycles. The molecule has 0 fully saturated rings. The van der Waals surface area contributed by atoms with Crippen molar-refractivity contribution in [3.63, 3.8) is 0 Å². The lowest BCUT2D eigenvalue weighted by molar-refractivity contribution is -0.122. The molecular formula is C12H19ClN2O2. The highest BCUT2D eigenvalue weighted by Crippen LogP contribution is 2.06. The van der Waals surface area contributed by atoms with E-state index in [1.54, 1.807) is 0 Å². The number of carbonyl (C=O) groups excluding carboxylic acids is 1. The zero-order chi connectivity index (χ0) is 12.0. The highest BCUT2D eigenvalue weighted by atomic mass is 35.5. The number of hydrogen-bond acceptors (Lipinski definition) is 3. The molecule has 0 heterocycles. The first-order valence-electron chi connectivity index (χ1n) is 5.31. The van der Waals surface area contributed by atoms with E-state index in [0.29, 0.717) is 6.42 Å². The summed E-state index contributed by atoms with van der Waals surface area (Å²) in [7, 11) is 1.54. The van der Waals surface area contributed by atoms with E-state index in [4.69, 9.17) is 5.73 Å². The SMILES string of the molecule is CNC(=O)C[C@@H](O)[C@@H](N)Cc1ccccc1.Cl. The summed E-state index contributed by atoms with van der Waals surface area (Å²) in [6, 6.07) is 9.26. The Labute approximate surface area is 108 Å². The third-order valence-electron chi connectivity index (χ3n) is 2.48. The second-order valence-electron chi connectivity index (χ2n) is 3.80. The Morgan fingerprint density at radius 2 is 2.00 bits per heavy atom. The van der Waals surface area contributed by atoms with Crippen molar-refractivity contribution in [2.45, 2.75) is 25.0 Å². The largest absolute Gasteiger partial charge is 0.391 e. The van der Waals surface area contributed by atoms with Gasteiger partial charge >= 0.3 is 0 Å². The molecule has 1 aromatic rings. The normalized spacial score (nSPS) is 13.4. The molecule has 0 bridgehead atoms. The highest BCUT2D eigenvalue weighted by molar-refractivity contribution is 5.85. The van der Waals surface area contributed by atoms with E-state index in [-0.39, 0.29) is 24.7 Å². The van der Waals surface area contributed by atoms with Gasteiger partial charge in [-0.15, -0.1) is 12.4 Å². The standard InChI is InChI=1S/C12H18N2O2.ClH/c1-14-12(16)8-11(15)10(13)7-9-5-3-2-4-6-9;/h2-6,10-11,15H,7-8,13H2,1H3,(H,14,16);1H/t10-,11+;/m0./s1. The van der Waals surface area contributed by atoms with Gasteiger partial charge in [0.1, 0.15) is 0 Å². The van der Waals surface area contributed by atoms with Crippen LogP contribution in [0.25, 0.3) is 0 Å². The van der Waals surface area contributed by atoms with Gasteiger partial charge in [0.25, 0.3) is 0 Å². The maximum atomic E-state index is 11.1. The van der Waals surface area contributed by atoms with Gasteiger partial charge in [-0.3, -0.25) is 4.79 Å². The molecule has 0 aliphatic rings. The van der Waals surface area contributed by atoms with Crippen LogP contribution in [-0.2, 0) is 11.2 Å². The van der Waals surface area contributed by atoms with Gasteiger partial charge in [0.2, 0.25) is 5.91 Å². The molecule has 96 valence electrons.